The van der Waals surface area contributed by atoms with Gasteiger partial charge in [-0.3, -0.25) is 0 Å². The third-order valence-corrected chi connectivity index (χ3v) is 5.21. The number of hydrogen-bond donors (Lipinski definition) is 0. The average Bonchev–Trinajstić information content (AvgIpc) is 2.61. The first-order chi connectivity index (χ1) is 11.3. The molecule has 0 radical (unpaired) electrons. The van der Waals surface area contributed by atoms with E-state index in [0.717, 1.165) is 5.02 Å². The van der Waals surface area contributed by atoms with Crippen LogP contribution in [0.15, 0.2) is 54.6 Å². The molecule has 0 N–H and O–H groups in total. The summed E-state index contributed by atoms with van der Waals surface area (Å²) in [7, 11) is 0. The van der Waals surface area contributed by atoms with E-state index in [1.54, 1.807) is 0 Å². The minimum absolute atomic E-state index is 0.716. The van der Waals surface area contributed by atoms with Gasteiger partial charge in [0.1, 0.15) is 0 Å². The van der Waals surface area contributed by atoms with Crippen LogP contribution >= 0.6 is 11.6 Å². The Balaban J connectivity index is 1.35. The Bertz CT molecular complexity index is 571. The number of nitrogens with zero attached hydrogens (tertiary/aromatic N) is 1. The number of benzene rings is 2. The Kier molecular flexibility index (Phi) is 6.13. The summed E-state index contributed by atoms with van der Waals surface area (Å²) in [6, 6.07) is 19.3. The van der Waals surface area contributed by atoms with Gasteiger partial charge in [0.15, 0.2) is 0 Å². The molecule has 1 nitrogen and oxygen atoms in total. The van der Waals surface area contributed by atoms with E-state index in [1.807, 2.05) is 12.1 Å². The number of halogens is 1. The van der Waals surface area contributed by atoms with Crippen molar-refractivity contribution >= 4 is 11.6 Å². The zero-order chi connectivity index (χ0) is 15.9. The van der Waals surface area contributed by atoms with Crippen LogP contribution in [0, 0.1) is 0 Å². The lowest BCUT2D eigenvalue weighted by Crippen LogP contribution is -2.33. The molecule has 1 fully saturated rings. The Morgan fingerprint density at radius 3 is 2.26 bits per heavy atom. The van der Waals surface area contributed by atoms with Crippen molar-refractivity contribution in [1.82, 2.24) is 4.90 Å². The van der Waals surface area contributed by atoms with Crippen LogP contribution in [0.25, 0.3) is 0 Å². The highest BCUT2D eigenvalue weighted by Crippen LogP contribution is 2.28. The van der Waals surface area contributed by atoms with Crippen LogP contribution in [-0.4, -0.2) is 24.5 Å². The highest BCUT2D eigenvalue weighted by molar-refractivity contribution is 6.30. The topological polar surface area (TPSA) is 3.24 Å². The average molecular weight is 328 g/mol. The molecule has 0 aliphatic carbocycles. The maximum atomic E-state index is 5.98. The fourth-order valence-electron chi connectivity index (χ4n) is 3.53. The van der Waals surface area contributed by atoms with Crippen LogP contribution < -0.4 is 0 Å². The fraction of sp³-hybridized carbons (Fsp3) is 0.429. The number of likely N-dealkylation sites (tertiary alicyclic amines) is 1. The largest absolute Gasteiger partial charge is 0.303 e. The molecule has 0 aromatic heterocycles. The Morgan fingerprint density at radius 1 is 0.870 bits per heavy atom. The monoisotopic (exact) mass is 327 g/mol. The molecule has 1 aliphatic rings. The van der Waals surface area contributed by atoms with Crippen molar-refractivity contribution < 1.29 is 0 Å². The molecule has 0 atom stereocenters. The molecule has 0 bridgehead atoms. The number of hydrogen-bond acceptors (Lipinski definition) is 1. The van der Waals surface area contributed by atoms with Crippen LogP contribution in [0.2, 0.25) is 5.02 Å². The molecule has 0 saturated carbocycles. The smallest absolute Gasteiger partial charge is 0.0406 e. The molecule has 2 aromatic rings. The van der Waals surface area contributed by atoms with Gasteiger partial charge in [0.25, 0.3) is 0 Å². The van der Waals surface area contributed by atoms with Crippen molar-refractivity contribution in [2.45, 2.75) is 38.0 Å². The molecule has 1 aliphatic heterocycles. The first kappa shape index (κ1) is 16.5. The van der Waals surface area contributed by atoms with Crippen molar-refractivity contribution in [2.75, 3.05) is 19.6 Å². The summed E-state index contributed by atoms with van der Waals surface area (Å²) in [5.41, 5.74) is 2.92. The zero-order valence-corrected chi connectivity index (χ0v) is 14.5. The first-order valence-corrected chi connectivity index (χ1v) is 9.21. The standard InChI is InChI=1S/C21H26ClN/c22-21-11-9-19(10-12-21)20-13-16-23(17-14-20)15-5-4-8-18-6-2-1-3-7-18/h1-3,6-7,9-12,20H,4-5,8,13-17H2. The molecule has 0 spiro atoms. The van der Waals surface area contributed by atoms with Gasteiger partial charge >= 0.3 is 0 Å². The summed E-state index contributed by atoms with van der Waals surface area (Å²) in [6.45, 7) is 3.72. The number of rotatable bonds is 6. The predicted molar refractivity (Wildman–Crippen MR) is 99.2 cm³/mol. The van der Waals surface area contributed by atoms with Crippen LogP contribution in [0.1, 0.15) is 42.7 Å². The van der Waals surface area contributed by atoms with Crippen LogP contribution in [0.4, 0.5) is 0 Å². The third-order valence-electron chi connectivity index (χ3n) is 4.96. The van der Waals surface area contributed by atoms with Gasteiger partial charge in [-0.05, 0) is 80.9 Å². The van der Waals surface area contributed by atoms with E-state index in [-0.39, 0.29) is 0 Å². The fourth-order valence-corrected chi connectivity index (χ4v) is 3.66. The molecular formula is C21H26ClN. The van der Waals surface area contributed by atoms with Gasteiger partial charge in [-0.25, -0.2) is 0 Å². The normalized spacial score (nSPS) is 16.6. The lowest BCUT2D eigenvalue weighted by Gasteiger charge is -2.32. The minimum Gasteiger partial charge on any atom is -0.303 e. The molecule has 0 unspecified atom stereocenters. The van der Waals surface area contributed by atoms with Crippen LogP contribution in [0.5, 0.6) is 0 Å². The summed E-state index contributed by atoms with van der Waals surface area (Å²) < 4.78 is 0. The minimum atomic E-state index is 0.716. The summed E-state index contributed by atoms with van der Waals surface area (Å²) >= 11 is 5.98. The zero-order valence-electron chi connectivity index (χ0n) is 13.8. The van der Waals surface area contributed by atoms with E-state index in [0.29, 0.717) is 5.92 Å². The molecule has 1 heterocycles. The molecule has 1 saturated heterocycles. The highest BCUT2D eigenvalue weighted by Gasteiger charge is 2.19. The van der Waals surface area contributed by atoms with E-state index in [4.69, 9.17) is 11.6 Å². The number of piperidine rings is 1. The summed E-state index contributed by atoms with van der Waals surface area (Å²) in [4.78, 5) is 2.64. The molecule has 3 rings (SSSR count). The van der Waals surface area contributed by atoms with E-state index in [2.05, 4.69) is 47.4 Å². The molecule has 0 amide bonds. The van der Waals surface area contributed by atoms with Crippen LogP contribution in [-0.2, 0) is 6.42 Å². The summed E-state index contributed by atoms with van der Waals surface area (Å²) in [5, 5.41) is 0.838. The van der Waals surface area contributed by atoms with Gasteiger partial charge in [-0.1, -0.05) is 54.1 Å². The number of unbranched alkanes of at least 4 members (excludes halogenated alkanes) is 1. The first-order valence-electron chi connectivity index (χ1n) is 8.83. The molecular weight excluding hydrogens is 302 g/mol. The van der Waals surface area contributed by atoms with Crippen molar-refractivity contribution in [3.63, 3.8) is 0 Å². The van der Waals surface area contributed by atoms with Crippen LogP contribution in [0.3, 0.4) is 0 Å². The Morgan fingerprint density at radius 2 is 1.57 bits per heavy atom. The second kappa shape index (κ2) is 8.52. The quantitative estimate of drug-likeness (QED) is 0.629. The maximum absolute atomic E-state index is 5.98. The van der Waals surface area contributed by atoms with Crippen molar-refractivity contribution in [3.05, 3.63) is 70.7 Å². The van der Waals surface area contributed by atoms with Gasteiger partial charge in [-0.2, -0.15) is 0 Å². The lowest BCUT2D eigenvalue weighted by atomic mass is 9.89. The summed E-state index contributed by atoms with van der Waals surface area (Å²) in [6.07, 6.45) is 6.37. The molecule has 122 valence electrons. The third kappa shape index (κ3) is 5.09. The molecule has 23 heavy (non-hydrogen) atoms. The van der Waals surface area contributed by atoms with E-state index < -0.39 is 0 Å². The van der Waals surface area contributed by atoms with Gasteiger partial charge in [0.05, 0.1) is 0 Å². The Hall–Kier alpha value is -1.31. The van der Waals surface area contributed by atoms with Gasteiger partial charge in [0, 0.05) is 5.02 Å². The number of aryl methyl sites for hydroxylation is 1. The maximum Gasteiger partial charge on any atom is 0.0406 e. The van der Waals surface area contributed by atoms with E-state index in [9.17, 15) is 0 Å². The van der Waals surface area contributed by atoms with E-state index in [1.165, 1.54) is 62.9 Å². The lowest BCUT2D eigenvalue weighted by molar-refractivity contribution is 0.209. The van der Waals surface area contributed by atoms with Gasteiger partial charge in [0.2, 0.25) is 0 Å². The highest BCUT2D eigenvalue weighted by atomic mass is 35.5. The van der Waals surface area contributed by atoms with Gasteiger partial charge in [-0.15, -0.1) is 0 Å². The van der Waals surface area contributed by atoms with Crippen molar-refractivity contribution in [2.24, 2.45) is 0 Å². The van der Waals surface area contributed by atoms with Gasteiger partial charge < -0.3 is 4.90 Å². The molecule has 2 aromatic carbocycles. The SMILES string of the molecule is Clc1ccc(C2CCN(CCCCc3ccccc3)CC2)cc1. The molecule has 2 heteroatoms. The van der Waals surface area contributed by atoms with Crippen molar-refractivity contribution in [1.29, 1.82) is 0 Å². The summed E-state index contributed by atoms with van der Waals surface area (Å²) in [5.74, 6) is 0.716. The van der Waals surface area contributed by atoms with Crippen molar-refractivity contribution in [3.8, 4) is 0 Å². The predicted octanol–water partition coefficient (Wildman–Crippen LogP) is 5.54. The second-order valence-corrected chi connectivity index (χ2v) is 7.05. The Labute approximate surface area is 145 Å². The van der Waals surface area contributed by atoms with E-state index >= 15 is 0 Å². The second-order valence-electron chi connectivity index (χ2n) is 6.61.